The molecule has 0 spiro atoms. The predicted octanol–water partition coefficient (Wildman–Crippen LogP) is 8.96. The van der Waals surface area contributed by atoms with Gasteiger partial charge in [0.05, 0.1) is 22.5 Å². The molecule has 0 saturated heterocycles. The van der Waals surface area contributed by atoms with Gasteiger partial charge in [0.2, 0.25) is 11.6 Å². The van der Waals surface area contributed by atoms with Crippen molar-refractivity contribution in [3.8, 4) is 23.2 Å². The number of furan rings is 1. The first kappa shape index (κ1) is 26.0. The lowest BCUT2D eigenvalue weighted by Gasteiger charge is -2.19. The highest BCUT2D eigenvalue weighted by atomic mass is 16.5. The van der Waals surface area contributed by atoms with Crippen molar-refractivity contribution in [3.63, 3.8) is 0 Å². The van der Waals surface area contributed by atoms with Crippen molar-refractivity contribution in [2.45, 2.75) is 52.4 Å². The molecule has 1 N–H and O–H groups in total. The molecule has 0 saturated carbocycles. The summed E-state index contributed by atoms with van der Waals surface area (Å²) in [7, 11) is 0. The second kappa shape index (κ2) is 9.05. The smallest absolute Gasteiger partial charge is 0.227 e. The third-order valence-electron chi connectivity index (χ3n) is 7.80. The molecule has 0 aliphatic rings. The lowest BCUT2D eigenvalue weighted by molar-refractivity contribution is 0.462. The van der Waals surface area contributed by atoms with Crippen LogP contribution in [0.4, 0.5) is 0 Å². The molecule has 0 amide bonds. The number of para-hydroxylation sites is 1. The van der Waals surface area contributed by atoms with Crippen molar-refractivity contribution in [1.29, 1.82) is 0 Å². The molecule has 7 aromatic rings. The topological polar surface area (TPSA) is 86.2 Å². The van der Waals surface area contributed by atoms with E-state index in [0.29, 0.717) is 33.7 Å². The molecule has 0 bridgehead atoms. The summed E-state index contributed by atoms with van der Waals surface area (Å²) in [6, 6.07) is 21.8. The molecular formula is C35H32N4O3. The van der Waals surface area contributed by atoms with Crippen LogP contribution in [0.5, 0.6) is 17.4 Å². The maximum atomic E-state index is 10.8. The average Bonchev–Trinajstić information content (AvgIpc) is 3.48. The Balaban J connectivity index is 1.36. The summed E-state index contributed by atoms with van der Waals surface area (Å²) in [6.07, 6.45) is 3.47. The molecule has 5 aromatic heterocycles. The second-order valence-electron chi connectivity index (χ2n) is 12.8. The highest BCUT2D eigenvalue weighted by molar-refractivity contribution is 6.09. The van der Waals surface area contributed by atoms with Crippen molar-refractivity contribution < 1.29 is 14.3 Å². The molecule has 7 rings (SSSR count). The predicted molar refractivity (Wildman–Crippen MR) is 167 cm³/mol. The number of aromatic hydroxyl groups is 1. The SMILES string of the molecule is CC(C)(C)c1ccnc(-n2c3ccccc3c3ccc(Oc4cnc5oc6c(C(C)(C)C)ccc(O)c6c5c4)nc32)c1. The molecule has 7 heteroatoms. The number of pyridine rings is 3. The Hall–Kier alpha value is -4.91. The zero-order valence-electron chi connectivity index (χ0n) is 24.6. The van der Waals surface area contributed by atoms with Gasteiger partial charge in [-0.1, -0.05) is 65.8 Å². The molecule has 7 nitrogen and oxygen atoms in total. The van der Waals surface area contributed by atoms with Gasteiger partial charge < -0.3 is 14.3 Å². The van der Waals surface area contributed by atoms with Crippen molar-refractivity contribution in [2.75, 3.05) is 0 Å². The molecule has 0 aliphatic carbocycles. The number of aromatic nitrogens is 4. The van der Waals surface area contributed by atoms with Crippen LogP contribution in [0.2, 0.25) is 0 Å². The minimum atomic E-state index is -0.168. The van der Waals surface area contributed by atoms with E-state index in [2.05, 4.69) is 75.4 Å². The summed E-state index contributed by atoms with van der Waals surface area (Å²) in [5.41, 5.74) is 4.85. The van der Waals surface area contributed by atoms with Gasteiger partial charge in [0.15, 0.2) is 5.65 Å². The second-order valence-corrected chi connectivity index (χ2v) is 12.8. The highest BCUT2D eigenvalue weighted by Gasteiger charge is 2.24. The van der Waals surface area contributed by atoms with Gasteiger partial charge in [-0.05, 0) is 52.8 Å². The van der Waals surface area contributed by atoms with E-state index in [0.717, 1.165) is 33.3 Å². The standard InChI is InChI=1S/C35H32N4O3/c1-34(2,3)20-15-16-36-28(17-20)39-26-10-8-7-9-22(26)23-11-14-29(38-32(23)39)41-21-18-24-30-27(40)13-12-25(35(4,5)6)31(30)42-33(24)37-19-21/h7-19,40H,1-6H3. The Morgan fingerprint density at radius 1 is 0.810 bits per heavy atom. The molecule has 0 radical (unpaired) electrons. The number of fused-ring (bicyclic) bond motifs is 6. The molecule has 2 aromatic carbocycles. The largest absolute Gasteiger partial charge is 0.507 e. The summed E-state index contributed by atoms with van der Waals surface area (Å²) in [4.78, 5) is 14.2. The van der Waals surface area contributed by atoms with Crippen LogP contribution in [0, 0.1) is 0 Å². The molecule has 0 fully saturated rings. The van der Waals surface area contributed by atoms with E-state index >= 15 is 0 Å². The Morgan fingerprint density at radius 2 is 1.62 bits per heavy atom. The first-order chi connectivity index (χ1) is 20.0. The molecule has 42 heavy (non-hydrogen) atoms. The number of hydrogen-bond acceptors (Lipinski definition) is 6. The fourth-order valence-corrected chi connectivity index (χ4v) is 5.61. The lowest BCUT2D eigenvalue weighted by Crippen LogP contribution is -2.12. The van der Waals surface area contributed by atoms with Gasteiger partial charge in [-0.15, -0.1) is 0 Å². The van der Waals surface area contributed by atoms with Gasteiger partial charge in [0, 0.05) is 28.6 Å². The van der Waals surface area contributed by atoms with E-state index in [1.807, 2.05) is 42.6 Å². The van der Waals surface area contributed by atoms with Gasteiger partial charge in [-0.3, -0.25) is 4.57 Å². The third kappa shape index (κ3) is 4.15. The molecule has 5 heterocycles. The first-order valence-electron chi connectivity index (χ1n) is 14.1. The van der Waals surface area contributed by atoms with Crippen molar-refractivity contribution in [1.82, 2.24) is 19.5 Å². The Bertz CT molecular complexity index is 2160. The van der Waals surface area contributed by atoms with Crippen molar-refractivity contribution in [2.24, 2.45) is 0 Å². The van der Waals surface area contributed by atoms with Gasteiger partial charge in [0.1, 0.15) is 22.9 Å². The summed E-state index contributed by atoms with van der Waals surface area (Å²) >= 11 is 0. The van der Waals surface area contributed by atoms with E-state index in [1.54, 1.807) is 12.3 Å². The van der Waals surface area contributed by atoms with E-state index in [4.69, 9.17) is 19.1 Å². The van der Waals surface area contributed by atoms with Gasteiger partial charge in [-0.2, -0.15) is 4.98 Å². The quantitative estimate of drug-likeness (QED) is 0.234. The maximum absolute atomic E-state index is 10.8. The highest BCUT2D eigenvalue weighted by Crippen LogP contribution is 2.41. The van der Waals surface area contributed by atoms with Crippen LogP contribution in [-0.2, 0) is 10.8 Å². The van der Waals surface area contributed by atoms with Gasteiger partial charge >= 0.3 is 0 Å². The number of phenolic OH excluding ortho intramolecular Hbond substituents is 1. The number of ether oxygens (including phenoxy) is 1. The number of rotatable bonds is 3. The van der Waals surface area contributed by atoms with Crippen LogP contribution in [0.15, 0.2) is 83.5 Å². The van der Waals surface area contributed by atoms with Crippen LogP contribution in [-0.4, -0.2) is 24.6 Å². The van der Waals surface area contributed by atoms with Gasteiger partial charge in [0.25, 0.3) is 0 Å². The first-order valence-corrected chi connectivity index (χ1v) is 14.1. The molecular weight excluding hydrogens is 524 g/mol. The van der Waals surface area contributed by atoms with Crippen LogP contribution in [0.25, 0.3) is 49.8 Å². The minimum absolute atomic E-state index is 0.0247. The number of hydrogen-bond donors (Lipinski definition) is 1. The van der Waals surface area contributed by atoms with Crippen LogP contribution in [0.1, 0.15) is 52.7 Å². The van der Waals surface area contributed by atoms with Crippen LogP contribution < -0.4 is 4.74 Å². The molecule has 210 valence electrons. The van der Waals surface area contributed by atoms with Crippen LogP contribution in [0.3, 0.4) is 0 Å². The molecule has 0 aliphatic heterocycles. The van der Waals surface area contributed by atoms with Gasteiger partial charge in [-0.25, -0.2) is 9.97 Å². The third-order valence-corrected chi connectivity index (χ3v) is 7.80. The van der Waals surface area contributed by atoms with E-state index in [9.17, 15) is 5.11 Å². The lowest BCUT2D eigenvalue weighted by atomic mass is 9.86. The minimum Gasteiger partial charge on any atom is -0.507 e. The zero-order valence-corrected chi connectivity index (χ0v) is 24.6. The number of benzene rings is 2. The van der Waals surface area contributed by atoms with E-state index < -0.39 is 0 Å². The maximum Gasteiger partial charge on any atom is 0.227 e. The summed E-state index contributed by atoms with van der Waals surface area (Å²) < 4.78 is 14.5. The monoisotopic (exact) mass is 556 g/mol. The Morgan fingerprint density at radius 3 is 2.40 bits per heavy atom. The Labute approximate surface area is 243 Å². The Kier molecular flexibility index (Phi) is 5.60. The summed E-state index contributed by atoms with van der Waals surface area (Å²) in [5.74, 6) is 1.86. The molecule has 0 atom stereocenters. The fourth-order valence-electron chi connectivity index (χ4n) is 5.61. The van der Waals surface area contributed by atoms with Crippen molar-refractivity contribution >= 4 is 44.0 Å². The van der Waals surface area contributed by atoms with E-state index in [1.165, 1.54) is 5.56 Å². The fraction of sp³-hybridized carbons (Fsp3) is 0.229. The zero-order chi connectivity index (χ0) is 29.4. The van der Waals surface area contributed by atoms with E-state index in [-0.39, 0.29) is 16.6 Å². The average molecular weight is 557 g/mol. The van der Waals surface area contributed by atoms with Crippen LogP contribution >= 0.6 is 0 Å². The summed E-state index contributed by atoms with van der Waals surface area (Å²) in [5, 5.41) is 14.2. The summed E-state index contributed by atoms with van der Waals surface area (Å²) in [6.45, 7) is 12.9. The molecule has 0 unspecified atom stereocenters. The number of phenols is 1. The normalized spacial score (nSPS) is 12.6. The van der Waals surface area contributed by atoms with Crippen molar-refractivity contribution in [3.05, 3.63) is 90.3 Å². The number of nitrogens with zero attached hydrogens (tertiary/aromatic N) is 4.